The lowest BCUT2D eigenvalue weighted by Gasteiger charge is -2.04. The zero-order chi connectivity index (χ0) is 11.7. The fraction of sp³-hybridized carbons (Fsp3) is 0.917. The minimum Gasteiger partial charge on any atom is -0.370 e. The second kappa shape index (κ2) is 4.03. The van der Waals surface area contributed by atoms with Crippen LogP contribution >= 0.6 is 0 Å². The summed E-state index contributed by atoms with van der Waals surface area (Å²) in [6.45, 7) is 13.1. The first-order chi connectivity index (χ1) is 6.84. The summed E-state index contributed by atoms with van der Waals surface area (Å²) in [5.74, 6) is 1.25. The molecule has 0 heterocycles. The van der Waals surface area contributed by atoms with Gasteiger partial charge in [0.25, 0.3) is 0 Å². The van der Waals surface area contributed by atoms with E-state index in [9.17, 15) is 0 Å². The molecule has 0 aromatic carbocycles. The molecule has 0 saturated heterocycles. The maximum absolute atomic E-state index is 5.75. The van der Waals surface area contributed by atoms with Crippen molar-refractivity contribution in [3.05, 3.63) is 0 Å². The van der Waals surface area contributed by atoms with E-state index in [1.165, 1.54) is 0 Å². The summed E-state index contributed by atoms with van der Waals surface area (Å²) in [6.07, 6.45) is 1.08. The van der Waals surface area contributed by atoms with Gasteiger partial charge in [0.15, 0.2) is 5.96 Å². The average Bonchev–Trinajstić information content (AvgIpc) is 2.51. The van der Waals surface area contributed by atoms with E-state index in [0.29, 0.717) is 22.7 Å². The molecule has 1 aliphatic carbocycles. The predicted molar refractivity (Wildman–Crippen MR) is 65.8 cm³/mol. The number of nitrogens with one attached hydrogen (secondary N) is 1. The van der Waals surface area contributed by atoms with Crippen molar-refractivity contribution < 1.29 is 0 Å². The molecule has 3 nitrogen and oxygen atoms in total. The maximum Gasteiger partial charge on any atom is 0.188 e. The van der Waals surface area contributed by atoms with Gasteiger partial charge in [-0.05, 0) is 23.2 Å². The lowest BCUT2D eigenvalue weighted by Crippen LogP contribution is -2.32. The molecule has 0 atom stereocenters. The fourth-order valence-corrected chi connectivity index (χ4v) is 2.29. The van der Waals surface area contributed by atoms with Crippen molar-refractivity contribution in [3.8, 4) is 0 Å². The first-order valence-corrected chi connectivity index (χ1v) is 5.87. The van der Waals surface area contributed by atoms with E-state index in [2.05, 4.69) is 44.9 Å². The zero-order valence-electron chi connectivity index (χ0n) is 10.7. The van der Waals surface area contributed by atoms with E-state index in [1.807, 2.05) is 0 Å². The van der Waals surface area contributed by atoms with Crippen LogP contribution in [-0.2, 0) is 0 Å². The molecule has 1 saturated carbocycles. The highest BCUT2D eigenvalue weighted by Gasteiger charge is 2.64. The second-order valence-electron chi connectivity index (χ2n) is 5.65. The highest BCUT2D eigenvalue weighted by atomic mass is 15.1. The molecule has 88 valence electrons. The third kappa shape index (κ3) is 2.27. The SMILES string of the molecule is CCCNC(N)=NCC1C(C)(C)C1(C)C. The van der Waals surface area contributed by atoms with Crippen LogP contribution < -0.4 is 11.1 Å². The molecule has 3 N–H and O–H groups in total. The number of hydrogen-bond donors (Lipinski definition) is 2. The van der Waals surface area contributed by atoms with Crippen molar-refractivity contribution in [3.63, 3.8) is 0 Å². The number of nitrogens with zero attached hydrogens (tertiary/aromatic N) is 1. The van der Waals surface area contributed by atoms with Crippen LogP contribution in [0.1, 0.15) is 41.0 Å². The number of aliphatic imine (C=N–C) groups is 1. The van der Waals surface area contributed by atoms with E-state index in [4.69, 9.17) is 5.73 Å². The minimum absolute atomic E-state index is 0.404. The molecular weight excluding hydrogens is 186 g/mol. The summed E-state index contributed by atoms with van der Waals surface area (Å²) < 4.78 is 0. The first kappa shape index (κ1) is 12.3. The molecule has 3 heteroatoms. The summed E-state index contributed by atoms with van der Waals surface area (Å²) in [5, 5.41) is 3.10. The molecule has 1 aliphatic rings. The minimum atomic E-state index is 0.404. The van der Waals surface area contributed by atoms with Crippen LogP contribution in [0.5, 0.6) is 0 Å². The number of guanidine groups is 1. The van der Waals surface area contributed by atoms with Crippen LogP contribution in [0.25, 0.3) is 0 Å². The molecular formula is C12H25N3. The topological polar surface area (TPSA) is 50.4 Å². The molecule has 0 aromatic heterocycles. The van der Waals surface area contributed by atoms with Crippen LogP contribution in [-0.4, -0.2) is 19.0 Å². The van der Waals surface area contributed by atoms with Crippen LogP contribution in [0.2, 0.25) is 0 Å². The third-order valence-corrected chi connectivity index (χ3v) is 4.32. The van der Waals surface area contributed by atoms with Crippen molar-refractivity contribution >= 4 is 5.96 Å². The van der Waals surface area contributed by atoms with Crippen molar-refractivity contribution in [1.82, 2.24) is 5.32 Å². The number of rotatable bonds is 4. The number of nitrogens with two attached hydrogens (primary N) is 1. The van der Waals surface area contributed by atoms with Gasteiger partial charge in [-0.15, -0.1) is 0 Å². The van der Waals surface area contributed by atoms with E-state index >= 15 is 0 Å². The van der Waals surface area contributed by atoms with Crippen molar-refractivity contribution in [1.29, 1.82) is 0 Å². The fourth-order valence-electron chi connectivity index (χ4n) is 2.29. The summed E-state index contributed by atoms with van der Waals surface area (Å²) >= 11 is 0. The quantitative estimate of drug-likeness (QED) is 0.552. The van der Waals surface area contributed by atoms with Gasteiger partial charge in [0.2, 0.25) is 0 Å². The van der Waals surface area contributed by atoms with Gasteiger partial charge in [-0.2, -0.15) is 0 Å². The standard InChI is InChI=1S/C12H25N3/c1-6-7-14-10(13)15-8-9-11(2,3)12(9,4)5/h9H,6-8H2,1-5H3,(H3,13,14,15). The Hall–Kier alpha value is -0.730. The maximum atomic E-state index is 5.75. The molecule has 15 heavy (non-hydrogen) atoms. The molecule has 1 rings (SSSR count). The summed E-state index contributed by atoms with van der Waals surface area (Å²) in [5.41, 5.74) is 6.56. The van der Waals surface area contributed by atoms with E-state index in [0.717, 1.165) is 19.5 Å². The molecule has 0 bridgehead atoms. The van der Waals surface area contributed by atoms with Crippen molar-refractivity contribution in [2.75, 3.05) is 13.1 Å². The normalized spacial score (nSPS) is 23.9. The van der Waals surface area contributed by atoms with Gasteiger partial charge in [0, 0.05) is 13.1 Å². The molecule has 0 amide bonds. The molecule has 0 spiro atoms. The zero-order valence-corrected chi connectivity index (χ0v) is 10.7. The second-order valence-corrected chi connectivity index (χ2v) is 5.65. The predicted octanol–water partition coefficient (Wildman–Crippen LogP) is 1.98. The van der Waals surface area contributed by atoms with Crippen molar-refractivity contribution in [2.24, 2.45) is 27.5 Å². The van der Waals surface area contributed by atoms with E-state index in [1.54, 1.807) is 0 Å². The Morgan fingerprint density at radius 1 is 1.27 bits per heavy atom. The summed E-state index contributed by atoms with van der Waals surface area (Å²) in [6, 6.07) is 0. The monoisotopic (exact) mass is 211 g/mol. The highest BCUT2D eigenvalue weighted by molar-refractivity contribution is 5.77. The van der Waals surface area contributed by atoms with E-state index < -0.39 is 0 Å². The van der Waals surface area contributed by atoms with Gasteiger partial charge in [-0.1, -0.05) is 34.6 Å². The van der Waals surface area contributed by atoms with Gasteiger partial charge >= 0.3 is 0 Å². The smallest absolute Gasteiger partial charge is 0.188 e. The largest absolute Gasteiger partial charge is 0.370 e. The lowest BCUT2D eigenvalue weighted by atomic mass is 10.0. The third-order valence-electron chi connectivity index (χ3n) is 4.32. The van der Waals surface area contributed by atoms with Gasteiger partial charge in [-0.3, -0.25) is 4.99 Å². The number of hydrogen-bond acceptors (Lipinski definition) is 1. The Bertz CT molecular complexity index is 240. The molecule has 0 radical (unpaired) electrons. The Kier molecular flexibility index (Phi) is 3.31. The van der Waals surface area contributed by atoms with Gasteiger partial charge in [0.05, 0.1) is 0 Å². The Labute approximate surface area is 93.5 Å². The molecule has 1 fully saturated rings. The molecule has 0 aliphatic heterocycles. The lowest BCUT2D eigenvalue weighted by molar-refractivity contribution is 0.457. The molecule has 0 unspecified atom stereocenters. The Morgan fingerprint density at radius 2 is 1.80 bits per heavy atom. The Balaban J connectivity index is 2.39. The first-order valence-electron chi connectivity index (χ1n) is 5.87. The summed E-state index contributed by atoms with van der Waals surface area (Å²) in [7, 11) is 0. The van der Waals surface area contributed by atoms with E-state index in [-0.39, 0.29) is 0 Å². The highest BCUT2D eigenvalue weighted by Crippen LogP contribution is 2.68. The summed E-state index contributed by atoms with van der Waals surface area (Å²) in [4.78, 5) is 4.40. The van der Waals surface area contributed by atoms with Crippen LogP contribution in [0, 0.1) is 16.7 Å². The van der Waals surface area contributed by atoms with Crippen LogP contribution in [0.4, 0.5) is 0 Å². The van der Waals surface area contributed by atoms with Crippen molar-refractivity contribution in [2.45, 2.75) is 41.0 Å². The Morgan fingerprint density at radius 3 is 2.20 bits per heavy atom. The van der Waals surface area contributed by atoms with Crippen LogP contribution in [0.15, 0.2) is 4.99 Å². The van der Waals surface area contributed by atoms with Gasteiger partial charge in [0.1, 0.15) is 0 Å². The van der Waals surface area contributed by atoms with Gasteiger partial charge in [-0.25, -0.2) is 0 Å². The van der Waals surface area contributed by atoms with Crippen LogP contribution in [0.3, 0.4) is 0 Å². The van der Waals surface area contributed by atoms with Gasteiger partial charge < -0.3 is 11.1 Å². The average molecular weight is 211 g/mol. The molecule has 0 aromatic rings.